The van der Waals surface area contributed by atoms with E-state index < -0.39 is 6.04 Å². The molecule has 1 N–H and O–H groups in total. The van der Waals surface area contributed by atoms with Gasteiger partial charge in [0.1, 0.15) is 6.04 Å². The third-order valence-corrected chi connectivity index (χ3v) is 6.31. The molecule has 0 radical (unpaired) electrons. The van der Waals surface area contributed by atoms with Gasteiger partial charge in [-0.15, -0.1) is 0 Å². The molecule has 0 aromatic carbocycles. The molecule has 2 amide bonds. The first kappa shape index (κ1) is 17.3. The van der Waals surface area contributed by atoms with E-state index >= 15 is 0 Å². The highest BCUT2D eigenvalue weighted by atomic mass is 16.2. The second-order valence-corrected chi connectivity index (χ2v) is 8.06. The van der Waals surface area contributed by atoms with Gasteiger partial charge in [-0.3, -0.25) is 19.0 Å². The van der Waals surface area contributed by atoms with Crippen LogP contribution in [0.1, 0.15) is 63.1 Å². The SMILES string of the molecule is CC(=O)N1C[C@H]2C[C@@H](C1)[C@H](C(=O)NC1CCCCC1)n1c2cccc1=O. The molecule has 6 nitrogen and oxygen atoms in total. The van der Waals surface area contributed by atoms with E-state index in [0.29, 0.717) is 13.1 Å². The number of rotatable bonds is 2. The second-order valence-electron chi connectivity index (χ2n) is 8.06. The topological polar surface area (TPSA) is 71.4 Å². The summed E-state index contributed by atoms with van der Waals surface area (Å²) in [6.45, 7) is 2.76. The molecule has 0 unspecified atom stereocenters. The molecular formula is C20H27N3O3. The van der Waals surface area contributed by atoms with Gasteiger partial charge in [-0.25, -0.2) is 0 Å². The van der Waals surface area contributed by atoms with E-state index in [1.54, 1.807) is 17.6 Å². The van der Waals surface area contributed by atoms with Crippen molar-refractivity contribution < 1.29 is 9.59 Å². The van der Waals surface area contributed by atoms with Crippen molar-refractivity contribution in [2.45, 2.75) is 63.5 Å². The average molecular weight is 357 g/mol. The van der Waals surface area contributed by atoms with Gasteiger partial charge in [-0.05, 0) is 25.3 Å². The van der Waals surface area contributed by atoms with Crippen LogP contribution in [0.25, 0.3) is 0 Å². The molecule has 2 fully saturated rings. The first-order chi connectivity index (χ1) is 12.5. The number of amides is 2. The zero-order valence-electron chi connectivity index (χ0n) is 15.3. The van der Waals surface area contributed by atoms with Gasteiger partial charge in [0.2, 0.25) is 11.8 Å². The van der Waals surface area contributed by atoms with Gasteiger partial charge in [-0.2, -0.15) is 0 Å². The number of hydrogen-bond donors (Lipinski definition) is 1. The first-order valence-electron chi connectivity index (χ1n) is 9.82. The molecule has 26 heavy (non-hydrogen) atoms. The summed E-state index contributed by atoms with van der Waals surface area (Å²) in [6.07, 6.45) is 6.42. The van der Waals surface area contributed by atoms with Gasteiger partial charge in [0, 0.05) is 49.7 Å². The number of carbonyl (C=O) groups is 2. The van der Waals surface area contributed by atoms with Crippen LogP contribution < -0.4 is 10.9 Å². The van der Waals surface area contributed by atoms with Gasteiger partial charge in [0.05, 0.1) is 0 Å². The fourth-order valence-corrected chi connectivity index (χ4v) is 5.06. The zero-order valence-corrected chi connectivity index (χ0v) is 15.3. The monoisotopic (exact) mass is 357 g/mol. The maximum atomic E-state index is 13.2. The Morgan fingerprint density at radius 2 is 1.88 bits per heavy atom. The van der Waals surface area contributed by atoms with E-state index in [4.69, 9.17) is 0 Å². The summed E-state index contributed by atoms with van der Waals surface area (Å²) in [7, 11) is 0. The van der Waals surface area contributed by atoms with Crippen LogP contribution in [0, 0.1) is 5.92 Å². The molecule has 2 aliphatic heterocycles. The number of hydrogen-bond acceptors (Lipinski definition) is 3. The van der Waals surface area contributed by atoms with E-state index in [2.05, 4.69) is 5.32 Å². The predicted octanol–water partition coefficient (Wildman–Crippen LogP) is 1.80. The minimum atomic E-state index is -0.515. The number of fused-ring (bicyclic) bond motifs is 4. The Balaban J connectivity index is 1.67. The molecule has 0 spiro atoms. The Morgan fingerprint density at radius 3 is 2.62 bits per heavy atom. The molecule has 1 aliphatic carbocycles. The lowest BCUT2D eigenvalue weighted by Gasteiger charge is -2.46. The van der Waals surface area contributed by atoms with Crippen LogP contribution in [0.5, 0.6) is 0 Å². The molecule has 140 valence electrons. The van der Waals surface area contributed by atoms with E-state index in [0.717, 1.165) is 37.8 Å². The third kappa shape index (κ3) is 3.06. The van der Waals surface area contributed by atoms with Crippen LogP contribution in [0.3, 0.4) is 0 Å². The van der Waals surface area contributed by atoms with Gasteiger partial charge >= 0.3 is 0 Å². The lowest BCUT2D eigenvalue weighted by atomic mass is 9.78. The summed E-state index contributed by atoms with van der Waals surface area (Å²) in [4.78, 5) is 39.6. The van der Waals surface area contributed by atoms with Crippen LogP contribution in [0.2, 0.25) is 0 Å². The van der Waals surface area contributed by atoms with Crippen molar-refractivity contribution in [1.29, 1.82) is 0 Å². The highest BCUT2D eigenvalue weighted by Crippen LogP contribution is 2.41. The van der Waals surface area contributed by atoms with Crippen molar-refractivity contribution in [3.8, 4) is 0 Å². The van der Waals surface area contributed by atoms with Gasteiger partial charge < -0.3 is 10.2 Å². The van der Waals surface area contributed by atoms with Crippen LogP contribution >= 0.6 is 0 Å². The fraction of sp³-hybridized carbons (Fsp3) is 0.650. The quantitative estimate of drug-likeness (QED) is 0.877. The molecule has 1 saturated heterocycles. The van der Waals surface area contributed by atoms with Crippen molar-refractivity contribution in [2.75, 3.05) is 13.1 Å². The molecule has 6 heteroatoms. The third-order valence-electron chi connectivity index (χ3n) is 6.31. The van der Waals surface area contributed by atoms with Crippen LogP contribution in [-0.2, 0) is 9.59 Å². The van der Waals surface area contributed by atoms with Gasteiger partial charge in [0.25, 0.3) is 5.56 Å². The summed E-state index contributed by atoms with van der Waals surface area (Å²) in [5.41, 5.74) is 0.778. The Kier molecular flexibility index (Phi) is 4.59. The van der Waals surface area contributed by atoms with Gasteiger partial charge in [-0.1, -0.05) is 25.3 Å². The lowest BCUT2D eigenvalue weighted by molar-refractivity contribution is -0.136. The second kappa shape index (κ2) is 6.89. The minimum Gasteiger partial charge on any atom is -0.352 e. The molecule has 3 atom stereocenters. The number of piperidine rings is 1. The van der Waals surface area contributed by atoms with Crippen LogP contribution in [0.15, 0.2) is 23.0 Å². The lowest BCUT2D eigenvalue weighted by Crippen LogP contribution is -2.55. The standard InChI is InChI=1S/C20H27N3O3/c1-13(24)22-11-14-10-15(12-22)19(23-17(14)8-5-9-18(23)25)20(26)21-16-6-3-2-4-7-16/h5,8-9,14-16,19H,2-4,6-7,10-12H2,1H3,(H,21,26)/t14-,15+,19-/m1/s1. The highest BCUT2D eigenvalue weighted by molar-refractivity contribution is 5.82. The molecular weight excluding hydrogens is 330 g/mol. The van der Waals surface area contributed by atoms with E-state index in [1.807, 2.05) is 11.0 Å². The maximum Gasteiger partial charge on any atom is 0.251 e. The first-order valence-corrected chi connectivity index (χ1v) is 9.82. The molecule has 2 bridgehead atoms. The van der Waals surface area contributed by atoms with Crippen molar-refractivity contribution in [3.63, 3.8) is 0 Å². The summed E-state index contributed by atoms with van der Waals surface area (Å²) in [5, 5.41) is 3.20. The van der Waals surface area contributed by atoms with E-state index in [9.17, 15) is 14.4 Å². The minimum absolute atomic E-state index is 0.00570. The van der Waals surface area contributed by atoms with E-state index in [1.165, 1.54) is 12.5 Å². The van der Waals surface area contributed by atoms with Crippen molar-refractivity contribution in [1.82, 2.24) is 14.8 Å². The van der Waals surface area contributed by atoms with E-state index in [-0.39, 0.29) is 35.3 Å². The van der Waals surface area contributed by atoms with Crippen molar-refractivity contribution >= 4 is 11.8 Å². The Labute approximate surface area is 153 Å². The summed E-state index contributed by atoms with van der Waals surface area (Å²) >= 11 is 0. The summed E-state index contributed by atoms with van der Waals surface area (Å²) < 4.78 is 1.70. The molecule has 1 aromatic rings. The van der Waals surface area contributed by atoms with Crippen molar-refractivity contribution in [3.05, 3.63) is 34.2 Å². The largest absolute Gasteiger partial charge is 0.352 e. The number of nitrogens with one attached hydrogen (secondary N) is 1. The smallest absolute Gasteiger partial charge is 0.251 e. The summed E-state index contributed by atoms with van der Waals surface area (Å²) in [6, 6.07) is 4.93. The Morgan fingerprint density at radius 1 is 1.12 bits per heavy atom. The van der Waals surface area contributed by atoms with Crippen LogP contribution in [-0.4, -0.2) is 40.4 Å². The van der Waals surface area contributed by atoms with Crippen LogP contribution in [0.4, 0.5) is 0 Å². The molecule has 1 saturated carbocycles. The number of likely N-dealkylation sites (tertiary alicyclic amines) is 1. The number of aromatic nitrogens is 1. The maximum absolute atomic E-state index is 13.2. The molecule has 3 heterocycles. The molecule has 1 aromatic heterocycles. The fourth-order valence-electron chi connectivity index (χ4n) is 5.06. The number of nitrogens with zero attached hydrogens (tertiary/aromatic N) is 2. The summed E-state index contributed by atoms with van der Waals surface area (Å²) in [5.74, 6) is 0.109. The molecule has 3 aliphatic rings. The Bertz CT molecular complexity index is 766. The predicted molar refractivity (Wildman–Crippen MR) is 97.9 cm³/mol. The average Bonchev–Trinajstić information content (AvgIpc) is 2.63. The zero-order chi connectivity index (χ0) is 18.3. The molecule has 4 rings (SSSR count). The highest BCUT2D eigenvalue weighted by Gasteiger charge is 2.44. The number of carbonyl (C=O) groups excluding carboxylic acids is 2. The number of pyridine rings is 1. The normalized spacial score (nSPS) is 28.3. The van der Waals surface area contributed by atoms with Crippen molar-refractivity contribution in [2.24, 2.45) is 5.92 Å². The Hall–Kier alpha value is -2.11. The van der Waals surface area contributed by atoms with Gasteiger partial charge in [0.15, 0.2) is 0 Å².